The second-order valence-electron chi connectivity index (χ2n) is 7.39. The van der Waals surface area contributed by atoms with Gasteiger partial charge in [-0.3, -0.25) is 9.59 Å². The summed E-state index contributed by atoms with van der Waals surface area (Å²) in [5, 5.41) is 5.42. The average Bonchev–Trinajstić information content (AvgIpc) is 2.78. The summed E-state index contributed by atoms with van der Waals surface area (Å²) in [5.74, 6) is -0.328. The maximum Gasteiger partial charge on any atom is 0.408 e. The van der Waals surface area contributed by atoms with Gasteiger partial charge in [-0.1, -0.05) is 50.2 Å². The Morgan fingerprint density at radius 2 is 1.72 bits per heavy atom. The van der Waals surface area contributed by atoms with E-state index in [2.05, 4.69) is 10.6 Å². The monoisotopic (exact) mass is 443 g/mol. The van der Waals surface area contributed by atoms with E-state index in [4.69, 9.17) is 19.9 Å². The molecule has 0 aliphatic heterocycles. The van der Waals surface area contributed by atoms with Gasteiger partial charge in [-0.25, -0.2) is 4.79 Å². The SMILES string of the molecule is COc1cc(CNC(=O)[C@@H](NC(=O)OCc2ccccc2)C(C)C)ccc1OCC(N)=O. The first-order chi connectivity index (χ1) is 15.3. The van der Waals surface area contributed by atoms with Crippen molar-refractivity contribution >= 4 is 17.9 Å². The number of ether oxygens (including phenoxy) is 3. The molecule has 2 rings (SSSR count). The number of hydrogen-bond donors (Lipinski definition) is 3. The summed E-state index contributed by atoms with van der Waals surface area (Å²) in [6.07, 6.45) is -0.666. The van der Waals surface area contributed by atoms with E-state index in [0.29, 0.717) is 11.5 Å². The highest BCUT2D eigenvalue weighted by Gasteiger charge is 2.24. The molecule has 0 aromatic heterocycles. The lowest BCUT2D eigenvalue weighted by Gasteiger charge is -2.21. The Morgan fingerprint density at radius 3 is 2.34 bits per heavy atom. The molecule has 32 heavy (non-hydrogen) atoms. The number of carbonyl (C=O) groups is 3. The van der Waals surface area contributed by atoms with Crippen molar-refractivity contribution in [2.75, 3.05) is 13.7 Å². The Morgan fingerprint density at radius 1 is 1.00 bits per heavy atom. The van der Waals surface area contributed by atoms with Gasteiger partial charge in [0.1, 0.15) is 12.6 Å². The number of primary amides is 1. The molecule has 4 N–H and O–H groups in total. The summed E-state index contributed by atoms with van der Waals surface area (Å²) in [7, 11) is 1.47. The van der Waals surface area contributed by atoms with E-state index in [1.54, 1.807) is 18.2 Å². The van der Waals surface area contributed by atoms with E-state index in [1.807, 2.05) is 44.2 Å². The highest BCUT2D eigenvalue weighted by atomic mass is 16.5. The van der Waals surface area contributed by atoms with E-state index in [1.165, 1.54) is 7.11 Å². The van der Waals surface area contributed by atoms with Gasteiger partial charge in [0, 0.05) is 6.54 Å². The van der Waals surface area contributed by atoms with Crippen LogP contribution in [0.1, 0.15) is 25.0 Å². The second-order valence-corrected chi connectivity index (χ2v) is 7.39. The van der Waals surface area contributed by atoms with Crippen molar-refractivity contribution in [3.8, 4) is 11.5 Å². The van der Waals surface area contributed by atoms with Gasteiger partial charge in [-0.2, -0.15) is 0 Å². The largest absolute Gasteiger partial charge is 0.493 e. The van der Waals surface area contributed by atoms with E-state index >= 15 is 0 Å². The van der Waals surface area contributed by atoms with Crippen LogP contribution in [0.4, 0.5) is 4.79 Å². The van der Waals surface area contributed by atoms with Gasteiger partial charge in [0.15, 0.2) is 18.1 Å². The molecule has 0 heterocycles. The lowest BCUT2D eigenvalue weighted by molar-refractivity contribution is -0.124. The third-order valence-corrected chi connectivity index (χ3v) is 4.50. The van der Waals surface area contributed by atoms with Crippen molar-refractivity contribution in [1.82, 2.24) is 10.6 Å². The number of carbonyl (C=O) groups excluding carboxylic acids is 3. The fourth-order valence-corrected chi connectivity index (χ4v) is 2.82. The minimum absolute atomic E-state index is 0.114. The van der Waals surface area contributed by atoms with Crippen molar-refractivity contribution in [3.05, 3.63) is 59.7 Å². The summed E-state index contributed by atoms with van der Waals surface area (Å²) in [6, 6.07) is 13.5. The zero-order valence-corrected chi connectivity index (χ0v) is 18.4. The molecule has 0 unspecified atom stereocenters. The average molecular weight is 444 g/mol. The smallest absolute Gasteiger partial charge is 0.408 e. The zero-order valence-electron chi connectivity index (χ0n) is 18.4. The normalized spacial score (nSPS) is 11.4. The maximum atomic E-state index is 12.7. The number of benzene rings is 2. The van der Waals surface area contributed by atoms with E-state index in [9.17, 15) is 14.4 Å². The molecule has 9 heteroatoms. The van der Waals surface area contributed by atoms with Crippen LogP contribution >= 0.6 is 0 Å². The molecule has 1 atom stereocenters. The third kappa shape index (κ3) is 7.82. The number of rotatable bonds is 11. The zero-order chi connectivity index (χ0) is 23.5. The Balaban J connectivity index is 1.91. The summed E-state index contributed by atoms with van der Waals surface area (Å²) < 4.78 is 15.8. The van der Waals surface area contributed by atoms with Crippen molar-refractivity contribution in [2.45, 2.75) is 33.0 Å². The number of alkyl carbamates (subject to hydrolysis) is 1. The molecule has 0 bridgehead atoms. The third-order valence-electron chi connectivity index (χ3n) is 4.50. The first-order valence-corrected chi connectivity index (χ1v) is 10.1. The van der Waals surface area contributed by atoms with Crippen LogP contribution in [0.15, 0.2) is 48.5 Å². The van der Waals surface area contributed by atoms with Gasteiger partial charge < -0.3 is 30.6 Å². The predicted octanol–water partition coefficient (Wildman–Crippen LogP) is 2.13. The van der Waals surface area contributed by atoms with Gasteiger partial charge in [0.25, 0.3) is 5.91 Å². The standard InChI is InChI=1S/C23H29N3O6/c1-15(2)21(26-23(29)32-13-16-7-5-4-6-8-16)22(28)25-12-17-9-10-18(19(11-17)30-3)31-14-20(24)27/h4-11,15,21H,12-14H2,1-3H3,(H2,24,27)(H,25,28)(H,26,29)/t21-/m0/s1. The fourth-order valence-electron chi connectivity index (χ4n) is 2.82. The molecule has 3 amide bonds. The summed E-state index contributed by atoms with van der Waals surface area (Å²) in [5.41, 5.74) is 6.69. The van der Waals surface area contributed by atoms with Crippen LogP contribution in [-0.4, -0.2) is 37.7 Å². The van der Waals surface area contributed by atoms with Crippen molar-refractivity contribution < 1.29 is 28.6 Å². The van der Waals surface area contributed by atoms with Crippen LogP contribution < -0.4 is 25.8 Å². The molecule has 2 aromatic carbocycles. The van der Waals surface area contributed by atoms with Gasteiger partial charge in [-0.05, 0) is 29.2 Å². The minimum Gasteiger partial charge on any atom is -0.493 e. The Bertz CT molecular complexity index is 917. The molecule has 9 nitrogen and oxygen atoms in total. The quantitative estimate of drug-likeness (QED) is 0.488. The van der Waals surface area contributed by atoms with Gasteiger partial charge >= 0.3 is 6.09 Å². The van der Waals surface area contributed by atoms with E-state index in [-0.39, 0.29) is 31.6 Å². The molecule has 0 saturated carbocycles. The lowest BCUT2D eigenvalue weighted by atomic mass is 10.0. The molecule has 2 aromatic rings. The Hall–Kier alpha value is -3.75. The maximum absolute atomic E-state index is 12.7. The molecule has 0 aliphatic rings. The fraction of sp³-hybridized carbons (Fsp3) is 0.348. The second kappa shape index (κ2) is 12.2. The number of methoxy groups -OCH3 is 1. The topological polar surface area (TPSA) is 129 Å². The Kier molecular flexibility index (Phi) is 9.34. The van der Waals surface area contributed by atoms with E-state index in [0.717, 1.165) is 11.1 Å². The first kappa shape index (κ1) is 24.5. The van der Waals surface area contributed by atoms with Crippen LogP contribution in [0.2, 0.25) is 0 Å². The van der Waals surface area contributed by atoms with Crippen LogP contribution in [-0.2, 0) is 27.5 Å². The summed E-state index contributed by atoms with van der Waals surface area (Å²) >= 11 is 0. The summed E-state index contributed by atoms with van der Waals surface area (Å²) in [4.78, 5) is 35.7. The Labute approximate surface area is 187 Å². The highest BCUT2D eigenvalue weighted by Crippen LogP contribution is 2.28. The number of amides is 3. The predicted molar refractivity (Wildman–Crippen MR) is 118 cm³/mol. The molecule has 0 aliphatic carbocycles. The van der Waals surface area contributed by atoms with Crippen molar-refractivity contribution in [2.24, 2.45) is 11.7 Å². The van der Waals surface area contributed by atoms with Crippen molar-refractivity contribution in [3.63, 3.8) is 0 Å². The van der Waals surface area contributed by atoms with Crippen LogP contribution in [0.25, 0.3) is 0 Å². The van der Waals surface area contributed by atoms with Crippen LogP contribution in [0, 0.1) is 5.92 Å². The first-order valence-electron chi connectivity index (χ1n) is 10.1. The number of nitrogens with two attached hydrogens (primary N) is 1. The molecular weight excluding hydrogens is 414 g/mol. The molecule has 172 valence electrons. The molecule has 0 radical (unpaired) electrons. The summed E-state index contributed by atoms with van der Waals surface area (Å²) in [6.45, 7) is 3.71. The van der Waals surface area contributed by atoms with Crippen molar-refractivity contribution in [1.29, 1.82) is 0 Å². The van der Waals surface area contributed by atoms with Gasteiger partial charge in [-0.15, -0.1) is 0 Å². The molecule has 0 spiro atoms. The molecule has 0 saturated heterocycles. The molecular formula is C23H29N3O6. The van der Waals surface area contributed by atoms with Gasteiger partial charge in [0.05, 0.1) is 7.11 Å². The minimum atomic E-state index is -0.765. The van der Waals surface area contributed by atoms with Gasteiger partial charge in [0.2, 0.25) is 5.91 Å². The number of hydrogen-bond acceptors (Lipinski definition) is 6. The van der Waals surface area contributed by atoms with E-state index < -0.39 is 18.0 Å². The van der Waals surface area contributed by atoms with Crippen LogP contribution in [0.5, 0.6) is 11.5 Å². The lowest BCUT2D eigenvalue weighted by Crippen LogP contribution is -2.49. The molecule has 0 fully saturated rings. The van der Waals surface area contributed by atoms with Crippen LogP contribution in [0.3, 0.4) is 0 Å². The highest BCUT2D eigenvalue weighted by molar-refractivity contribution is 5.85. The number of nitrogens with one attached hydrogen (secondary N) is 2.